The molecule has 0 saturated carbocycles. The number of unbranched alkanes of at least 4 members (excludes halogenated alkanes) is 24. The lowest BCUT2D eigenvalue weighted by molar-refractivity contribution is 0.380. The summed E-state index contributed by atoms with van der Waals surface area (Å²) >= 11 is 0. The van der Waals surface area contributed by atoms with Gasteiger partial charge < -0.3 is 4.43 Å². The van der Waals surface area contributed by atoms with Crippen LogP contribution in [0.4, 0.5) is 0 Å². The van der Waals surface area contributed by atoms with Crippen LogP contribution >= 0.6 is 0 Å². The van der Waals surface area contributed by atoms with Gasteiger partial charge in [-0.25, -0.2) is 0 Å². The van der Waals surface area contributed by atoms with Gasteiger partial charge in [-0.2, -0.15) is 0 Å². The molecular weight excluding hydrogens is 452 g/mol. The highest BCUT2D eigenvalue weighted by molar-refractivity contribution is 6.73. The average Bonchev–Trinajstić information content (AvgIpc) is 2.89. The second-order valence-electron chi connectivity index (χ2n) is 12.1. The zero-order valence-corrected chi connectivity index (χ0v) is 27.1. The predicted molar refractivity (Wildman–Crippen MR) is 169 cm³/mol. The van der Waals surface area contributed by atoms with Gasteiger partial charge in [0.25, 0.3) is 0 Å². The summed E-state index contributed by atoms with van der Waals surface area (Å²) in [5.74, 6) is 0. The van der Waals surface area contributed by atoms with Crippen LogP contribution in [0.25, 0.3) is 0 Å². The minimum absolute atomic E-state index is 1.36. The molecule has 2 heteroatoms. The highest BCUT2D eigenvalue weighted by atomic mass is 28.4. The van der Waals surface area contributed by atoms with Crippen molar-refractivity contribution in [1.82, 2.24) is 0 Å². The monoisotopic (exact) mass is 525 g/mol. The molecule has 0 aliphatic rings. The molecule has 0 aliphatic heterocycles. The Morgan fingerprint density at radius 2 is 0.500 bits per heavy atom. The molecule has 0 aliphatic carbocycles. The minimum Gasteiger partial charge on any atom is -0.420 e. The van der Waals surface area contributed by atoms with Crippen molar-refractivity contribution in [3.05, 3.63) is 0 Å². The van der Waals surface area contributed by atoms with E-state index in [1.165, 1.54) is 191 Å². The molecule has 0 rings (SSSR count). The molecule has 0 heterocycles. The van der Waals surface area contributed by atoms with Gasteiger partial charge in [0.2, 0.25) is 0 Å². The van der Waals surface area contributed by atoms with E-state index < -0.39 is 8.32 Å². The fourth-order valence-electron chi connectivity index (χ4n) is 5.95. The molecule has 0 aromatic rings. The zero-order chi connectivity index (χ0) is 26.4. The second-order valence-corrected chi connectivity index (χ2v) is 16.4. The molecule has 1 nitrogen and oxygen atoms in total. The van der Waals surface area contributed by atoms with E-state index >= 15 is 0 Å². The van der Waals surface area contributed by atoms with E-state index in [0.717, 1.165) is 0 Å². The Labute approximate surface area is 231 Å². The molecule has 0 amide bonds. The molecule has 0 saturated heterocycles. The third-order valence-corrected chi connectivity index (χ3v) is 13.3. The first-order valence-electron chi connectivity index (χ1n) is 17.3. The summed E-state index contributed by atoms with van der Waals surface area (Å²) < 4.78 is 6.49. The van der Waals surface area contributed by atoms with Crippen LogP contribution in [-0.4, -0.2) is 15.4 Å². The first kappa shape index (κ1) is 36.2. The molecular formula is C34H72OSi. The van der Waals surface area contributed by atoms with Crippen LogP contribution in [0, 0.1) is 0 Å². The standard InChI is InChI=1S/C34H72OSi/c1-5-8-11-14-17-20-23-26-29-32-36(35-4,33-30-27-24-21-18-15-12-9-6-2)34-31-28-25-22-19-16-13-10-7-3/h5-34H2,1-4H3. The van der Waals surface area contributed by atoms with Crippen LogP contribution in [0.1, 0.15) is 194 Å². The second kappa shape index (κ2) is 29.7. The highest BCUT2D eigenvalue weighted by Crippen LogP contribution is 2.30. The van der Waals surface area contributed by atoms with Crippen LogP contribution in [0.2, 0.25) is 18.1 Å². The van der Waals surface area contributed by atoms with Crippen molar-refractivity contribution in [3.63, 3.8) is 0 Å². The van der Waals surface area contributed by atoms with Crippen LogP contribution in [0.5, 0.6) is 0 Å². The summed E-state index contributed by atoms with van der Waals surface area (Å²) in [7, 11) is 0.557. The van der Waals surface area contributed by atoms with Crippen LogP contribution in [0.15, 0.2) is 0 Å². The van der Waals surface area contributed by atoms with Gasteiger partial charge in [-0.15, -0.1) is 0 Å². The zero-order valence-electron chi connectivity index (χ0n) is 26.1. The number of hydrogen-bond acceptors (Lipinski definition) is 1. The first-order chi connectivity index (χ1) is 17.7. The molecule has 0 fully saturated rings. The smallest absolute Gasteiger partial charge is 0.192 e. The summed E-state index contributed by atoms with van der Waals surface area (Å²) in [5.41, 5.74) is 0. The third-order valence-electron chi connectivity index (χ3n) is 8.64. The van der Waals surface area contributed by atoms with Crippen molar-refractivity contribution < 1.29 is 4.43 Å². The van der Waals surface area contributed by atoms with Gasteiger partial charge in [-0.3, -0.25) is 0 Å². The topological polar surface area (TPSA) is 9.23 Å². The summed E-state index contributed by atoms with van der Waals surface area (Å²) in [6, 6.07) is 4.31. The Balaban J connectivity index is 4.22. The Hall–Kier alpha value is 0.177. The van der Waals surface area contributed by atoms with E-state index in [4.69, 9.17) is 4.43 Å². The summed E-state index contributed by atoms with van der Waals surface area (Å²) in [4.78, 5) is 0. The van der Waals surface area contributed by atoms with Gasteiger partial charge in [-0.05, 0) is 18.1 Å². The first-order valence-corrected chi connectivity index (χ1v) is 19.8. The largest absolute Gasteiger partial charge is 0.420 e. The van der Waals surface area contributed by atoms with Crippen molar-refractivity contribution in [2.24, 2.45) is 0 Å². The molecule has 0 unspecified atom stereocenters. The lowest BCUT2D eigenvalue weighted by atomic mass is 10.1. The molecule has 0 aromatic carbocycles. The Morgan fingerprint density at radius 1 is 0.306 bits per heavy atom. The van der Waals surface area contributed by atoms with Gasteiger partial charge in [-0.1, -0.05) is 194 Å². The van der Waals surface area contributed by atoms with Crippen molar-refractivity contribution in [1.29, 1.82) is 0 Å². The van der Waals surface area contributed by atoms with E-state index in [0.29, 0.717) is 0 Å². The molecule has 218 valence electrons. The maximum absolute atomic E-state index is 6.49. The van der Waals surface area contributed by atoms with E-state index in [-0.39, 0.29) is 0 Å². The lowest BCUT2D eigenvalue weighted by Crippen LogP contribution is -2.36. The predicted octanol–water partition coefficient (Wildman–Crippen LogP) is 13.2. The molecule has 36 heavy (non-hydrogen) atoms. The van der Waals surface area contributed by atoms with Crippen LogP contribution in [-0.2, 0) is 4.43 Å². The van der Waals surface area contributed by atoms with Crippen LogP contribution in [0.3, 0.4) is 0 Å². The van der Waals surface area contributed by atoms with Crippen molar-refractivity contribution in [2.45, 2.75) is 212 Å². The van der Waals surface area contributed by atoms with Crippen molar-refractivity contribution in [3.8, 4) is 0 Å². The van der Waals surface area contributed by atoms with Crippen molar-refractivity contribution in [2.75, 3.05) is 7.11 Å². The Kier molecular flexibility index (Phi) is 29.9. The highest BCUT2D eigenvalue weighted by Gasteiger charge is 2.32. The number of hydrogen-bond donors (Lipinski definition) is 0. The van der Waals surface area contributed by atoms with Gasteiger partial charge in [0.15, 0.2) is 8.32 Å². The summed E-state index contributed by atoms with van der Waals surface area (Å²) in [6.45, 7) is 6.94. The quantitative estimate of drug-likeness (QED) is 0.0647. The fraction of sp³-hybridized carbons (Fsp3) is 1.00. The molecule has 0 spiro atoms. The third kappa shape index (κ3) is 24.5. The fourth-order valence-corrected chi connectivity index (χ4v) is 10.0. The molecule has 0 atom stereocenters. The average molecular weight is 525 g/mol. The van der Waals surface area contributed by atoms with E-state index in [9.17, 15) is 0 Å². The van der Waals surface area contributed by atoms with Gasteiger partial charge in [0.05, 0.1) is 0 Å². The van der Waals surface area contributed by atoms with Gasteiger partial charge >= 0.3 is 0 Å². The molecule has 0 N–H and O–H groups in total. The van der Waals surface area contributed by atoms with Gasteiger partial charge in [0.1, 0.15) is 0 Å². The summed E-state index contributed by atoms with van der Waals surface area (Å²) in [6.07, 6.45) is 38.9. The molecule has 0 bridgehead atoms. The lowest BCUT2D eigenvalue weighted by Gasteiger charge is -2.30. The molecule has 0 radical (unpaired) electrons. The summed E-state index contributed by atoms with van der Waals surface area (Å²) in [5, 5.41) is 0. The van der Waals surface area contributed by atoms with E-state index in [1.807, 2.05) is 0 Å². The maximum Gasteiger partial charge on any atom is 0.192 e. The van der Waals surface area contributed by atoms with Crippen molar-refractivity contribution >= 4 is 8.32 Å². The molecule has 0 aromatic heterocycles. The normalized spacial score (nSPS) is 12.0. The minimum atomic E-state index is -1.53. The maximum atomic E-state index is 6.49. The van der Waals surface area contributed by atoms with Gasteiger partial charge in [0, 0.05) is 7.11 Å². The van der Waals surface area contributed by atoms with Crippen LogP contribution < -0.4 is 0 Å². The Bertz CT molecular complexity index is 342. The van der Waals surface area contributed by atoms with E-state index in [2.05, 4.69) is 27.9 Å². The number of rotatable bonds is 31. The SMILES string of the molecule is CCCCCCCCCCC[Si](CCCCCCCCCCC)(CCCCCCCCCCC)OC. The van der Waals surface area contributed by atoms with E-state index in [1.54, 1.807) is 0 Å². The Morgan fingerprint density at radius 3 is 0.694 bits per heavy atom.